The summed E-state index contributed by atoms with van der Waals surface area (Å²) >= 11 is 1.16. The molecule has 0 saturated heterocycles. The van der Waals surface area contributed by atoms with Gasteiger partial charge < -0.3 is 9.26 Å². The van der Waals surface area contributed by atoms with Gasteiger partial charge >= 0.3 is 12.1 Å². The Balaban J connectivity index is 2.14. The first-order valence-electron chi connectivity index (χ1n) is 5.90. The zero-order valence-electron chi connectivity index (χ0n) is 11.3. The van der Waals surface area contributed by atoms with Crippen molar-refractivity contribution >= 4 is 17.7 Å². The zero-order chi connectivity index (χ0) is 16.2. The molecule has 0 bridgehead atoms. The molecular weight excluding hydrogens is 323 g/mol. The van der Waals surface area contributed by atoms with Crippen LogP contribution in [0.15, 0.2) is 23.0 Å². The van der Waals surface area contributed by atoms with Crippen molar-refractivity contribution in [1.82, 2.24) is 15.1 Å². The fourth-order valence-electron chi connectivity index (χ4n) is 1.52. The molecule has 0 aromatic carbocycles. The van der Waals surface area contributed by atoms with Crippen LogP contribution >= 0.6 is 11.8 Å². The summed E-state index contributed by atoms with van der Waals surface area (Å²) in [6.45, 7) is 0. The van der Waals surface area contributed by atoms with Crippen LogP contribution in [0.25, 0.3) is 11.5 Å². The smallest absolute Gasteiger partial charge is 0.417 e. The van der Waals surface area contributed by atoms with Gasteiger partial charge in [0.25, 0.3) is 5.89 Å². The second-order valence-corrected chi connectivity index (χ2v) is 4.99. The number of carbonyl (C=O) groups excluding carboxylic acids is 1. The van der Waals surface area contributed by atoms with E-state index in [0.717, 1.165) is 30.2 Å². The lowest BCUT2D eigenvalue weighted by Gasteiger charge is -2.08. The van der Waals surface area contributed by atoms with E-state index >= 15 is 0 Å². The molecule has 2 aromatic heterocycles. The Kier molecular flexibility index (Phi) is 5.01. The van der Waals surface area contributed by atoms with Crippen LogP contribution in [0.1, 0.15) is 11.4 Å². The van der Waals surface area contributed by atoms with E-state index in [1.54, 1.807) is 0 Å². The third kappa shape index (κ3) is 3.97. The number of halogens is 3. The van der Waals surface area contributed by atoms with E-state index in [0.29, 0.717) is 0 Å². The summed E-state index contributed by atoms with van der Waals surface area (Å²) in [6, 6.07) is 0.839. The van der Waals surface area contributed by atoms with Crippen molar-refractivity contribution in [3.63, 3.8) is 0 Å². The third-order valence-electron chi connectivity index (χ3n) is 2.50. The fourth-order valence-corrected chi connectivity index (χ4v) is 2.21. The topological polar surface area (TPSA) is 78.1 Å². The van der Waals surface area contributed by atoms with Gasteiger partial charge in [0, 0.05) is 12.4 Å². The van der Waals surface area contributed by atoms with E-state index in [2.05, 4.69) is 19.9 Å². The number of hydrogen-bond donors (Lipinski definition) is 0. The van der Waals surface area contributed by atoms with E-state index in [9.17, 15) is 18.0 Å². The van der Waals surface area contributed by atoms with Gasteiger partial charge in [-0.05, 0) is 6.07 Å². The van der Waals surface area contributed by atoms with Crippen LogP contribution < -0.4 is 0 Å². The Morgan fingerprint density at radius 2 is 2.23 bits per heavy atom. The summed E-state index contributed by atoms with van der Waals surface area (Å²) in [5, 5.41) is 3.58. The van der Waals surface area contributed by atoms with Crippen LogP contribution in [0.2, 0.25) is 0 Å². The Morgan fingerprint density at radius 3 is 2.91 bits per heavy atom. The molecule has 118 valence electrons. The van der Waals surface area contributed by atoms with Gasteiger partial charge in [-0.2, -0.15) is 18.2 Å². The fraction of sp³-hybridized carbons (Fsp3) is 0.333. The first kappa shape index (κ1) is 16.3. The number of pyridine rings is 1. The van der Waals surface area contributed by atoms with Crippen molar-refractivity contribution in [3.05, 3.63) is 29.8 Å². The van der Waals surface area contributed by atoms with Crippen LogP contribution in [0.5, 0.6) is 0 Å². The van der Waals surface area contributed by atoms with Crippen LogP contribution in [0.3, 0.4) is 0 Å². The molecule has 0 aliphatic heterocycles. The van der Waals surface area contributed by atoms with Crippen molar-refractivity contribution in [1.29, 1.82) is 0 Å². The minimum absolute atomic E-state index is 0.0844. The Bertz CT molecular complexity index is 660. The Labute approximate surface area is 127 Å². The van der Waals surface area contributed by atoms with E-state index in [-0.39, 0.29) is 28.8 Å². The van der Waals surface area contributed by atoms with Gasteiger partial charge in [0.15, 0.2) is 5.82 Å². The van der Waals surface area contributed by atoms with E-state index in [4.69, 9.17) is 4.52 Å². The molecule has 0 radical (unpaired) electrons. The summed E-state index contributed by atoms with van der Waals surface area (Å²) in [6.07, 6.45) is -2.50. The molecule has 2 heterocycles. The van der Waals surface area contributed by atoms with Crippen molar-refractivity contribution in [2.75, 3.05) is 12.9 Å². The first-order chi connectivity index (χ1) is 10.4. The summed E-state index contributed by atoms with van der Waals surface area (Å²) in [5.41, 5.74) is -1.19. The monoisotopic (exact) mass is 333 g/mol. The molecule has 0 N–H and O–H groups in total. The van der Waals surface area contributed by atoms with Gasteiger partial charge in [0.05, 0.1) is 29.7 Å². The summed E-state index contributed by atoms with van der Waals surface area (Å²) in [4.78, 5) is 18.5. The highest BCUT2D eigenvalue weighted by Crippen LogP contribution is 2.35. The molecule has 22 heavy (non-hydrogen) atoms. The number of methoxy groups -OCH3 is 1. The Hall–Kier alpha value is -2.10. The predicted octanol–water partition coefficient (Wildman–Crippen LogP) is 2.56. The van der Waals surface area contributed by atoms with Gasteiger partial charge in [-0.25, -0.2) is 0 Å². The van der Waals surface area contributed by atoms with Gasteiger partial charge in [-0.3, -0.25) is 9.78 Å². The average molecular weight is 333 g/mol. The van der Waals surface area contributed by atoms with E-state index < -0.39 is 17.7 Å². The zero-order valence-corrected chi connectivity index (χ0v) is 12.1. The van der Waals surface area contributed by atoms with Crippen LogP contribution in [0, 0.1) is 0 Å². The molecule has 2 rings (SSSR count). The van der Waals surface area contributed by atoms with Gasteiger partial charge in [-0.1, -0.05) is 5.16 Å². The van der Waals surface area contributed by atoms with Crippen molar-refractivity contribution in [2.45, 2.75) is 11.9 Å². The third-order valence-corrected chi connectivity index (χ3v) is 3.41. The minimum Gasteiger partial charge on any atom is -0.468 e. The van der Waals surface area contributed by atoms with Crippen LogP contribution in [-0.2, 0) is 21.5 Å². The normalized spacial score (nSPS) is 11.5. The number of hydrogen-bond acceptors (Lipinski definition) is 7. The van der Waals surface area contributed by atoms with Crippen molar-refractivity contribution < 1.29 is 27.2 Å². The first-order valence-corrected chi connectivity index (χ1v) is 7.06. The molecule has 0 aliphatic rings. The maximum absolute atomic E-state index is 12.9. The maximum atomic E-state index is 12.9. The number of ether oxygens (including phenoxy) is 1. The molecular formula is C12H10F3N3O3S. The number of rotatable bonds is 5. The summed E-state index contributed by atoms with van der Waals surface area (Å²) in [5.74, 6) is -0.211. The highest BCUT2D eigenvalue weighted by atomic mass is 32.2. The maximum Gasteiger partial charge on any atom is 0.417 e. The second-order valence-electron chi connectivity index (χ2n) is 4.00. The van der Waals surface area contributed by atoms with Crippen LogP contribution in [0.4, 0.5) is 13.2 Å². The molecule has 0 aliphatic carbocycles. The number of thioether (sulfide) groups is 1. The quantitative estimate of drug-likeness (QED) is 0.778. The van der Waals surface area contributed by atoms with Crippen molar-refractivity contribution in [2.24, 2.45) is 0 Å². The molecule has 0 unspecified atom stereocenters. The molecule has 6 nitrogen and oxygen atoms in total. The van der Waals surface area contributed by atoms with Gasteiger partial charge in [0.2, 0.25) is 0 Å². The molecule has 2 aromatic rings. The highest BCUT2D eigenvalue weighted by molar-refractivity contribution is 7.99. The Morgan fingerprint density at radius 1 is 1.45 bits per heavy atom. The molecule has 10 heteroatoms. The summed E-state index contributed by atoms with van der Waals surface area (Å²) < 4.78 is 48.0. The lowest BCUT2D eigenvalue weighted by atomic mass is 10.1. The second kappa shape index (κ2) is 6.77. The molecule has 0 saturated carbocycles. The van der Waals surface area contributed by atoms with Gasteiger partial charge in [0.1, 0.15) is 0 Å². The average Bonchev–Trinajstić information content (AvgIpc) is 2.95. The SMILES string of the molecule is COC(=O)CSCc1noc(-c2cnccc2C(F)(F)F)n1. The van der Waals surface area contributed by atoms with Crippen molar-refractivity contribution in [3.8, 4) is 11.5 Å². The number of nitrogens with zero attached hydrogens (tertiary/aromatic N) is 3. The number of carbonyl (C=O) groups is 1. The minimum atomic E-state index is -4.55. The lowest BCUT2D eigenvalue weighted by molar-refractivity contribution is -0.138. The molecule has 0 amide bonds. The number of aromatic nitrogens is 3. The van der Waals surface area contributed by atoms with E-state index in [1.807, 2.05) is 0 Å². The standard InChI is InChI=1S/C12H10F3N3O3S/c1-20-10(19)6-22-5-9-17-11(21-18-9)7-4-16-3-2-8(7)12(13,14)15/h2-4H,5-6H2,1H3. The highest BCUT2D eigenvalue weighted by Gasteiger charge is 2.35. The van der Waals surface area contributed by atoms with E-state index in [1.165, 1.54) is 7.11 Å². The molecule has 0 atom stereocenters. The molecule has 0 fully saturated rings. The predicted molar refractivity (Wildman–Crippen MR) is 70.7 cm³/mol. The lowest BCUT2D eigenvalue weighted by Crippen LogP contribution is -2.07. The molecule has 0 spiro atoms. The van der Waals surface area contributed by atoms with Gasteiger partial charge in [-0.15, -0.1) is 11.8 Å². The number of esters is 1. The number of alkyl halides is 3. The largest absolute Gasteiger partial charge is 0.468 e. The van der Waals surface area contributed by atoms with Crippen LogP contribution in [-0.4, -0.2) is 34.0 Å². The summed E-state index contributed by atoms with van der Waals surface area (Å²) in [7, 11) is 1.26.